The molecule has 6 heteroatoms. The predicted molar refractivity (Wildman–Crippen MR) is 89.0 cm³/mol. The molecule has 0 unspecified atom stereocenters. The molecule has 1 aliphatic heterocycles. The topological polar surface area (TPSA) is 93.1 Å². The Morgan fingerprint density at radius 3 is 1.36 bits per heavy atom. The highest BCUT2D eigenvalue weighted by Gasteiger charge is 2.32. The summed E-state index contributed by atoms with van der Waals surface area (Å²) in [4.78, 5) is 23.6. The lowest BCUT2D eigenvalue weighted by Crippen LogP contribution is -2.08. The van der Waals surface area contributed by atoms with Gasteiger partial charge in [-0.3, -0.25) is 0 Å². The van der Waals surface area contributed by atoms with E-state index in [1.54, 1.807) is 60.7 Å². The lowest BCUT2D eigenvalue weighted by molar-refractivity contribution is -0.131. The lowest BCUT2D eigenvalue weighted by Gasteiger charge is -2.09. The van der Waals surface area contributed by atoms with Gasteiger partial charge in [0.2, 0.25) is 6.79 Å². The van der Waals surface area contributed by atoms with Crippen LogP contribution in [0.1, 0.15) is 11.1 Å². The molecule has 2 N–H and O–H groups in total. The number of benzene rings is 2. The van der Waals surface area contributed by atoms with Crippen molar-refractivity contribution < 1.29 is 29.3 Å². The van der Waals surface area contributed by atoms with E-state index < -0.39 is 11.9 Å². The molecular weight excluding hydrogens is 324 g/mol. The van der Waals surface area contributed by atoms with E-state index in [1.165, 1.54) is 0 Å². The summed E-state index contributed by atoms with van der Waals surface area (Å²) in [5.74, 6) is -2.66. The van der Waals surface area contributed by atoms with Crippen LogP contribution in [0.15, 0.2) is 72.2 Å². The van der Waals surface area contributed by atoms with Crippen LogP contribution in [0.25, 0.3) is 11.1 Å². The van der Waals surface area contributed by atoms with Gasteiger partial charge in [-0.25, -0.2) is 9.59 Å². The molecule has 0 bridgehead atoms. The predicted octanol–water partition coefficient (Wildman–Crippen LogP) is 2.98. The van der Waals surface area contributed by atoms with Crippen LogP contribution < -0.4 is 0 Å². The normalized spacial score (nSPS) is 17.3. The maximum absolute atomic E-state index is 11.8. The van der Waals surface area contributed by atoms with Gasteiger partial charge in [0.15, 0.2) is 11.5 Å². The second kappa shape index (κ2) is 6.92. The van der Waals surface area contributed by atoms with Crippen molar-refractivity contribution in [1.82, 2.24) is 0 Å². The fourth-order valence-corrected chi connectivity index (χ4v) is 2.56. The Kier molecular flexibility index (Phi) is 4.52. The number of carbonyl (C=O) groups is 2. The van der Waals surface area contributed by atoms with Gasteiger partial charge in [-0.1, -0.05) is 60.7 Å². The van der Waals surface area contributed by atoms with Gasteiger partial charge in [-0.15, -0.1) is 0 Å². The summed E-state index contributed by atoms with van der Waals surface area (Å²) in [6.07, 6.45) is 0. The second-order valence-electron chi connectivity index (χ2n) is 5.16. The Labute approximate surface area is 143 Å². The van der Waals surface area contributed by atoms with E-state index in [0.717, 1.165) is 0 Å². The highest BCUT2D eigenvalue weighted by atomic mass is 16.7. The summed E-state index contributed by atoms with van der Waals surface area (Å²) in [6, 6.07) is 16.7. The minimum absolute atomic E-state index is 0.0973. The average Bonchev–Trinajstić information content (AvgIpc) is 3.05. The summed E-state index contributed by atoms with van der Waals surface area (Å²) in [5.41, 5.74) is 0.488. The molecule has 1 saturated heterocycles. The van der Waals surface area contributed by atoms with Crippen molar-refractivity contribution in [3.05, 3.63) is 83.3 Å². The zero-order valence-corrected chi connectivity index (χ0v) is 13.0. The van der Waals surface area contributed by atoms with Gasteiger partial charge in [0.25, 0.3) is 0 Å². The summed E-state index contributed by atoms with van der Waals surface area (Å²) >= 11 is 0. The number of aliphatic carboxylic acids is 2. The van der Waals surface area contributed by atoms with Gasteiger partial charge >= 0.3 is 11.9 Å². The van der Waals surface area contributed by atoms with E-state index in [9.17, 15) is 19.8 Å². The molecule has 1 heterocycles. The lowest BCUT2D eigenvalue weighted by atomic mass is 9.99. The van der Waals surface area contributed by atoms with E-state index in [-0.39, 0.29) is 29.5 Å². The largest absolute Gasteiger partial charge is 0.478 e. The number of carboxylic acid groups (broad SMARTS) is 2. The maximum Gasteiger partial charge on any atom is 0.340 e. The van der Waals surface area contributed by atoms with Crippen LogP contribution in [0.4, 0.5) is 0 Å². The molecule has 0 radical (unpaired) electrons. The molecule has 126 valence electrons. The van der Waals surface area contributed by atoms with Crippen molar-refractivity contribution in [3.8, 4) is 0 Å². The van der Waals surface area contributed by atoms with Crippen molar-refractivity contribution in [2.24, 2.45) is 0 Å². The zero-order valence-electron chi connectivity index (χ0n) is 13.0. The molecule has 1 aliphatic rings. The van der Waals surface area contributed by atoms with Gasteiger partial charge in [0, 0.05) is 0 Å². The van der Waals surface area contributed by atoms with Crippen LogP contribution in [0.3, 0.4) is 0 Å². The second-order valence-corrected chi connectivity index (χ2v) is 5.16. The monoisotopic (exact) mass is 338 g/mol. The molecule has 1 fully saturated rings. The van der Waals surface area contributed by atoms with Crippen LogP contribution in [0.2, 0.25) is 0 Å². The third-order valence-corrected chi connectivity index (χ3v) is 3.62. The molecule has 25 heavy (non-hydrogen) atoms. The Morgan fingerprint density at radius 1 is 0.680 bits per heavy atom. The van der Waals surface area contributed by atoms with E-state index >= 15 is 0 Å². The van der Waals surface area contributed by atoms with Crippen molar-refractivity contribution in [2.45, 2.75) is 0 Å². The van der Waals surface area contributed by atoms with Gasteiger partial charge in [-0.2, -0.15) is 0 Å². The molecule has 3 rings (SSSR count). The molecule has 0 aliphatic carbocycles. The molecule has 0 saturated carbocycles. The number of rotatable bonds is 4. The molecule has 6 nitrogen and oxygen atoms in total. The number of carboxylic acids is 2. The Balaban J connectivity index is 2.27. The minimum atomic E-state index is -1.23. The molecular formula is C19H14O6. The molecule has 0 atom stereocenters. The van der Waals surface area contributed by atoms with E-state index in [4.69, 9.17) is 9.47 Å². The van der Waals surface area contributed by atoms with Crippen LogP contribution >= 0.6 is 0 Å². The van der Waals surface area contributed by atoms with E-state index in [2.05, 4.69) is 0 Å². The number of hydrogen-bond acceptors (Lipinski definition) is 4. The van der Waals surface area contributed by atoms with Gasteiger partial charge in [-0.05, 0) is 11.1 Å². The zero-order chi connectivity index (χ0) is 17.8. The van der Waals surface area contributed by atoms with E-state index in [0.29, 0.717) is 11.1 Å². The summed E-state index contributed by atoms with van der Waals surface area (Å²) in [5, 5.41) is 19.3. The third kappa shape index (κ3) is 3.23. The Bertz CT molecular complexity index is 792. The molecule has 2 aromatic rings. The van der Waals surface area contributed by atoms with Crippen LogP contribution in [-0.4, -0.2) is 28.9 Å². The first-order chi connectivity index (χ1) is 12.1. The van der Waals surface area contributed by atoms with Crippen molar-refractivity contribution in [2.75, 3.05) is 6.79 Å². The molecule has 2 aromatic carbocycles. The van der Waals surface area contributed by atoms with E-state index in [1.807, 2.05) is 0 Å². The first-order valence-corrected chi connectivity index (χ1v) is 7.41. The average molecular weight is 338 g/mol. The summed E-state index contributed by atoms with van der Waals surface area (Å²) in [6.45, 7) is -0.252. The summed E-state index contributed by atoms with van der Waals surface area (Å²) < 4.78 is 10.7. The number of hydrogen-bond donors (Lipinski definition) is 2. The fraction of sp³-hybridized carbons (Fsp3) is 0.0526. The van der Waals surface area contributed by atoms with Gasteiger partial charge < -0.3 is 19.7 Å². The Morgan fingerprint density at radius 2 is 1.04 bits per heavy atom. The van der Waals surface area contributed by atoms with Crippen molar-refractivity contribution in [1.29, 1.82) is 0 Å². The number of ether oxygens (including phenoxy) is 2. The molecule has 0 aromatic heterocycles. The van der Waals surface area contributed by atoms with Gasteiger partial charge in [0.1, 0.15) is 11.1 Å². The molecule has 0 amide bonds. The minimum Gasteiger partial charge on any atom is -0.478 e. The quantitative estimate of drug-likeness (QED) is 0.833. The molecule has 0 spiro atoms. The standard InChI is InChI=1S/C19H14O6/c20-18(21)14(12-7-3-1-4-8-12)16-17(25-11-24-16)15(19(22)23)13-9-5-2-6-10-13/h1-10H,11H2,(H,20,21)(H,22,23)/b16-14+,17-15+. The van der Waals surface area contributed by atoms with Crippen LogP contribution in [0.5, 0.6) is 0 Å². The van der Waals surface area contributed by atoms with Crippen LogP contribution in [-0.2, 0) is 19.1 Å². The third-order valence-electron chi connectivity index (χ3n) is 3.62. The summed E-state index contributed by atoms with van der Waals surface area (Å²) in [7, 11) is 0. The Hall–Kier alpha value is -3.54. The smallest absolute Gasteiger partial charge is 0.340 e. The maximum atomic E-state index is 11.8. The van der Waals surface area contributed by atoms with Crippen molar-refractivity contribution >= 4 is 23.1 Å². The first kappa shape index (κ1) is 16.3. The highest BCUT2D eigenvalue weighted by Crippen LogP contribution is 2.35. The van der Waals surface area contributed by atoms with Crippen LogP contribution in [0, 0.1) is 0 Å². The van der Waals surface area contributed by atoms with Gasteiger partial charge in [0.05, 0.1) is 0 Å². The first-order valence-electron chi connectivity index (χ1n) is 7.41. The fourth-order valence-electron chi connectivity index (χ4n) is 2.56. The highest BCUT2D eigenvalue weighted by molar-refractivity contribution is 6.20. The SMILES string of the molecule is O=C(O)/C(=C1/OCO/C1=C(/C(=O)O)c1ccccc1)c1ccccc1. The van der Waals surface area contributed by atoms with Crippen molar-refractivity contribution in [3.63, 3.8) is 0 Å².